The predicted octanol–water partition coefficient (Wildman–Crippen LogP) is 2.50. The zero-order valence-corrected chi connectivity index (χ0v) is 10.7. The summed E-state index contributed by atoms with van der Waals surface area (Å²) in [5, 5.41) is 20.1. The molecule has 2 aromatic rings. The monoisotopic (exact) mass is 274 g/mol. The van der Waals surface area contributed by atoms with Gasteiger partial charge in [-0.2, -0.15) is 0 Å². The van der Waals surface area contributed by atoms with Crippen molar-refractivity contribution in [2.45, 2.75) is 6.42 Å². The fourth-order valence-electron chi connectivity index (χ4n) is 1.87. The number of nitrogens with zero attached hydrogens (tertiary/aromatic N) is 1. The summed E-state index contributed by atoms with van der Waals surface area (Å²) in [5.74, 6) is 0.552. The first-order valence-corrected chi connectivity index (χ1v) is 6.03. The molecule has 6 nitrogen and oxygen atoms in total. The number of nitro benzene ring substituents is 1. The van der Waals surface area contributed by atoms with Gasteiger partial charge in [0, 0.05) is 6.61 Å². The standard InChI is InChI=1S/C14H14N2O4/c15-11-5-3-7-13(14(11)16(18)19)20-12-6-2-1-4-10(12)8-9-17/h1-7,17H,8-9,15H2. The Morgan fingerprint density at radius 2 is 1.85 bits per heavy atom. The quantitative estimate of drug-likeness (QED) is 0.496. The number of ether oxygens (including phenoxy) is 1. The largest absolute Gasteiger partial charge is 0.450 e. The van der Waals surface area contributed by atoms with E-state index in [9.17, 15) is 10.1 Å². The molecule has 0 heterocycles. The number of hydrogen-bond acceptors (Lipinski definition) is 5. The Morgan fingerprint density at radius 3 is 2.55 bits per heavy atom. The molecule has 0 unspecified atom stereocenters. The molecule has 0 amide bonds. The molecular formula is C14H14N2O4. The number of aliphatic hydroxyl groups is 1. The Bertz CT molecular complexity index is 628. The molecule has 104 valence electrons. The maximum atomic E-state index is 11.0. The molecule has 6 heteroatoms. The van der Waals surface area contributed by atoms with Gasteiger partial charge in [-0.3, -0.25) is 10.1 Å². The average Bonchev–Trinajstić information content (AvgIpc) is 2.41. The Kier molecular flexibility index (Phi) is 4.17. The second kappa shape index (κ2) is 6.03. The number of aliphatic hydroxyl groups excluding tert-OH is 1. The lowest BCUT2D eigenvalue weighted by Gasteiger charge is -2.11. The molecule has 0 aliphatic carbocycles. The minimum atomic E-state index is -0.570. The molecule has 0 saturated carbocycles. The van der Waals surface area contributed by atoms with Gasteiger partial charge in [0.05, 0.1) is 4.92 Å². The summed E-state index contributed by atoms with van der Waals surface area (Å²) < 4.78 is 5.60. The van der Waals surface area contributed by atoms with Crippen LogP contribution in [0.1, 0.15) is 5.56 Å². The van der Waals surface area contributed by atoms with Crippen molar-refractivity contribution in [1.82, 2.24) is 0 Å². The third-order valence-corrected chi connectivity index (χ3v) is 2.79. The maximum Gasteiger partial charge on any atom is 0.334 e. The molecule has 0 saturated heterocycles. The SMILES string of the molecule is Nc1cccc(Oc2ccccc2CCO)c1[N+](=O)[O-]. The van der Waals surface area contributed by atoms with E-state index in [-0.39, 0.29) is 23.7 Å². The van der Waals surface area contributed by atoms with E-state index >= 15 is 0 Å². The van der Waals surface area contributed by atoms with E-state index in [2.05, 4.69) is 0 Å². The molecule has 0 aliphatic rings. The van der Waals surface area contributed by atoms with Gasteiger partial charge in [-0.1, -0.05) is 24.3 Å². The Labute approximate surface area is 115 Å². The molecule has 0 aromatic heterocycles. The Morgan fingerprint density at radius 1 is 1.15 bits per heavy atom. The van der Waals surface area contributed by atoms with Gasteiger partial charge >= 0.3 is 5.69 Å². The maximum absolute atomic E-state index is 11.0. The van der Waals surface area contributed by atoms with Gasteiger partial charge in [-0.25, -0.2) is 0 Å². The van der Waals surface area contributed by atoms with Gasteiger partial charge in [0.15, 0.2) is 0 Å². The van der Waals surface area contributed by atoms with Crippen LogP contribution in [0.15, 0.2) is 42.5 Å². The zero-order chi connectivity index (χ0) is 14.5. The van der Waals surface area contributed by atoms with Crippen LogP contribution in [0.4, 0.5) is 11.4 Å². The number of para-hydroxylation sites is 2. The van der Waals surface area contributed by atoms with Crippen molar-refractivity contribution in [2.24, 2.45) is 0 Å². The molecule has 20 heavy (non-hydrogen) atoms. The molecule has 2 aromatic carbocycles. The Hall–Kier alpha value is -2.60. The van der Waals surface area contributed by atoms with E-state index in [4.69, 9.17) is 15.6 Å². The van der Waals surface area contributed by atoms with Crippen molar-refractivity contribution in [2.75, 3.05) is 12.3 Å². The van der Waals surface area contributed by atoms with Gasteiger partial charge in [0.2, 0.25) is 5.75 Å². The molecule has 0 aliphatic heterocycles. The highest BCUT2D eigenvalue weighted by atomic mass is 16.6. The second-order valence-electron chi connectivity index (χ2n) is 4.13. The molecule has 0 fully saturated rings. The van der Waals surface area contributed by atoms with Crippen LogP contribution < -0.4 is 10.5 Å². The molecule has 0 radical (unpaired) electrons. The van der Waals surface area contributed by atoms with Gasteiger partial charge in [-0.05, 0) is 30.2 Å². The predicted molar refractivity (Wildman–Crippen MR) is 74.8 cm³/mol. The van der Waals surface area contributed by atoms with Crippen LogP contribution in [0.2, 0.25) is 0 Å². The molecular weight excluding hydrogens is 260 g/mol. The number of benzene rings is 2. The van der Waals surface area contributed by atoms with Gasteiger partial charge in [-0.15, -0.1) is 0 Å². The molecule has 0 bridgehead atoms. The van der Waals surface area contributed by atoms with E-state index < -0.39 is 4.92 Å². The molecule has 3 N–H and O–H groups in total. The minimum Gasteiger partial charge on any atom is -0.450 e. The van der Waals surface area contributed by atoms with Crippen LogP contribution in [-0.4, -0.2) is 16.6 Å². The molecule has 0 atom stereocenters. The third-order valence-electron chi connectivity index (χ3n) is 2.79. The first-order valence-electron chi connectivity index (χ1n) is 6.03. The lowest BCUT2D eigenvalue weighted by atomic mass is 10.1. The zero-order valence-electron chi connectivity index (χ0n) is 10.7. The highest BCUT2D eigenvalue weighted by molar-refractivity contribution is 5.66. The van der Waals surface area contributed by atoms with Crippen molar-refractivity contribution < 1.29 is 14.8 Å². The van der Waals surface area contributed by atoms with Crippen LogP contribution in [0.3, 0.4) is 0 Å². The lowest BCUT2D eigenvalue weighted by molar-refractivity contribution is -0.384. The van der Waals surface area contributed by atoms with Gasteiger partial charge < -0.3 is 15.6 Å². The van der Waals surface area contributed by atoms with Crippen molar-refractivity contribution in [1.29, 1.82) is 0 Å². The fourth-order valence-corrected chi connectivity index (χ4v) is 1.87. The summed E-state index contributed by atoms with van der Waals surface area (Å²) in [5.41, 5.74) is 6.17. The number of nitrogens with two attached hydrogens (primary N) is 1. The van der Waals surface area contributed by atoms with Crippen LogP contribution in [0.5, 0.6) is 11.5 Å². The number of nitrogen functional groups attached to an aromatic ring is 1. The summed E-state index contributed by atoms with van der Waals surface area (Å²) >= 11 is 0. The second-order valence-corrected chi connectivity index (χ2v) is 4.13. The van der Waals surface area contributed by atoms with Crippen LogP contribution in [0, 0.1) is 10.1 Å². The van der Waals surface area contributed by atoms with Gasteiger partial charge in [0.25, 0.3) is 0 Å². The highest BCUT2D eigenvalue weighted by Gasteiger charge is 2.20. The van der Waals surface area contributed by atoms with Gasteiger partial charge in [0.1, 0.15) is 11.4 Å². The summed E-state index contributed by atoms with van der Waals surface area (Å²) in [6, 6.07) is 11.6. The van der Waals surface area contributed by atoms with E-state index in [1.54, 1.807) is 24.3 Å². The average molecular weight is 274 g/mol. The minimum absolute atomic E-state index is 0.0284. The number of hydrogen-bond donors (Lipinski definition) is 2. The van der Waals surface area contributed by atoms with E-state index in [0.717, 1.165) is 5.56 Å². The van der Waals surface area contributed by atoms with Crippen LogP contribution in [0.25, 0.3) is 0 Å². The highest BCUT2D eigenvalue weighted by Crippen LogP contribution is 2.36. The summed E-state index contributed by atoms with van der Waals surface area (Å²) in [6.07, 6.45) is 0.409. The number of nitro groups is 1. The summed E-state index contributed by atoms with van der Waals surface area (Å²) in [7, 11) is 0. The van der Waals surface area contributed by atoms with E-state index in [1.807, 2.05) is 6.07 Å². The normalized spacial score (nSPS) is 10.2. The Balaban J connectivity index is 2.40. The topological polar surface area (TPSA) is 98.6 Å². The van der Waals surface area contributed by atoms with Crippen molar-refractivity contribution in [3.05, 3.63) is 58.1 Å². The number of anilines is 1. The molecule has 0 spiro atoms. The van der Waals surface area contributed by atoms with Crippen LogP contribution >= 0.6 is 0 Å². The van der Waals surface area contributed by atoms with Crippen molar-refractivity contribution in [3.63, 3.8) is 0 Å². The van der Waals surface area contributed by atoms with Crippen molar-refractivity contribution in [3.8, 4) is 11.5 Å². The van der Waals surface area contributed by atoms with E-state index in [0.29, 0.717) is 12.2 Å². The first-order chi connectivity index (χ1) is 9.63. The summed E-state index contributed by atoms with van der Waals surface area (Å²) in [6.45, 7) is -0.0284. The first kappa shape index (κ1) is 13.8. The van der Waals surface area contributed by atoms with Crippen LogP contribution in [-0.2, 0) is 6.42 Å². The van der Waals surface area contributed by atoms with E-state index in [1.165, 1.54) is 12.1 Å². The fraction of sp³-hybridized carbons (Fsp3) is 0.143. The van der Waals surface area contributed by atoms with Crippen molar-refractivity contribution >= 4 is 11.4 Å². The number of rotatable bonds is 5. The summed E-state index contributed by atoms with van der Waals surface area (Å²) in [4.78, 5) is 10.5. The smallest absolute Gasteiger partial charge is 0.334 e. The lowest BCUT2D eigenvalue weighted by Crippen LogP contribution is -2.00. The third kappa shape index (κ3) is 2.86. The molecule has 2 rings (SSSR count).